The van der Waals surface area contributed by atoms with Gasteiger partial charge in [-0.05, 0) is 19.8 Å². The van der Waals surface area contributed by atoms with E-state index in [2.05, 4.69) is 9.97 Å². The Bertz CT molecular complexity index is 386. The molecule has 1 atom stereocenters. The Morgan fingerprint density at radius 3 is 3.12 bits per heavy atom. The molecule has 1 unspecified atom stereocenters. The van der Waals surface area contributed by atoms with Crippen LogP contribution in [-0.4, -0.2) is 40.9 Å². The number of ether oxygens (including phenoxy) is 1. The number of aromatic nitrogens is 2. The lowest BCUT2D eigenvalue weighted by Gasteiger charge is -2.25. The number of aliphatic hydroxyl groups excluding tert-OH is 1. The summed E-state index contributed by atoms with van der Waals surface area (Å²) in [5.74, 6) is 1.08. The van der Waals surface area contributed by atoms with E-state index >= 15 is 0 Å². The van der Waals surface area contributed by atoms with E-state index in [0.29, 0.717) is 24.0 Å². The minimum atomic E-state index is 0.0988. The van der Waals surface area contributed by atoms with Crippen LogP contribution in [-0.2, 0) is 0 Å². The number of nitrogens with two attached hydrogens (primary N) is 1. The summed E-state index contributed by atoms with van der Waals surface area (Å²) in [6, 6.07) is 0.0988. The lowest BCUT2D eigenvalue weighted by Crippen LogP contribution is -2.33. The van der Waals surface area contributed by atoms with Crippen LogP contribution >= 0.6 is 0 Å². The first-order chi connectivity index (χ1) is 8.27. The fraction of sp³-hybridized carbons (Fsp3) is 0.636. The van der Waals surface area contributed by atoms with Crippen LogP contribution in [0, 0.1) is 0 Å². The fourth-order valence-electron chi connectivity index (χ4n) is 2.16. The lowest BCUT2D eigenvalue weighted by molar-refractivity contribution is 0.266. The van der Waals surface area contributed by atoms with E-state index < -0.39 is 0 Å². The highest BCUT2D eigenvalue weighted by molar-refractivity contribution is 5.68. The molecule has 6 heteroatoms. The van der Waals surface area contributed by atoms with Gasteiger partial charge in [-0.1, -0.05) is 0 Å². The molecule has 1 aromatic rings. The Morgan fingerprint density at radius 1 is 1.59 bits per heavy atom. The first kappa shape index (κ1) is 11.9. The van der Waals surface area contributed by atoms with Gasteiger partial charge in [-0.3, -0.25) is 0 Å². The summed E-state index contributed by atoms with van der Waals surface area (Å²) in [5.41, 5.74) is 6.45. The minimum Gasteiger partial charge on any atom is -0.476 e. The molecule has 3 N–H and O–H groups in total. The van der Waals surface area contributed by atoms with Gasteiger partial charge >= 0.3 is 0 Å². The normalized spacial score (nSPS) is 19.6. The number of hydrogen-bond donors (Lipinski definition) is 2. The molecule has 0 bridgehead atoms. The molecule has 0 amide bonds. The second kappa shape index (κ2) is 5.18. The maximum Gasteiger partial charge on any atom is 0.242 e. The Labute approximate surface area is 100 Å². The van der Waals surface area contributed by atoms with Gasteiger partial charge in [0.1, 0.15) is 12.0 Å². The zero-order valence-electron chi connectivity index (χ0n) is 9.96. The molecule has 1 aliphatic heterocycles. The molecule has 0 spiro atoms. The molecule has 0 saturated carbocycles. The van der Waals surface area contributed by atoms with Gasteiger partial charge in [-0.15, -0.1) is 0 Å². The van der Waals surface area contributed by atoms with Crippen LogP contribution in [0.15, 0.2) is 6.33 Å². The molecule has 2 rings (SSSR count). The molecule has 1 saturated heterocycles. The second-order valence-electron chi connectivity index (χ2n) is 4.02. The molecule has 17 heavy (non-hydrogen) atoms. The van der Waals surface area contributed by atoms with Gasteiger partial charge in [0.15, 0.2) is 5.82 Å². The van der Waals surface area contributed by atoms with Gasteiger partial charge in [-0.25, -0.2) is 4.98 Å². The number of rotatable bonds is 4. The Balaban J connectivity index is 2.28. The van der Waals surface area contributed by atoms with E-state index in [0.717, 1.165) is 19.4 Å². The fourth-order valence-corrected chi connectivity index (χ4v) is 2.16. The van der Waals surface area contributed by atoms with Gasteiger partial charge in [0.25, 0.3) is 0 Å². The smallest absolute Gasteiger partial charge is 0.242 e. The molecule has 6 nitrogen and oxygen atoms in total. The van der Waals surface area contributed by atoms with Crippen LogP contribution in [0.3, 0.4) is 0 Å². The minimum absolute atomic E-state index is 0.0988. The van der Waals surface area contributed by atoms with Crippen molar-refractivity contribution in [1.29, 1.82) is 0 Å². The quantitative estimate of drug-likeness (QED) is 0.790. The van der Waals surface area contributed by atoms with Crippen molar-refractivity contribution in [2.75, 3.05) is 30.4 Å². The summed E-state index contributed by atoms with van der Waals surface area (Å²) in [7, 11) is 0. The van der Waals surface area contributed by atoms with Crippen molar-refractivity contribution in [3.63, 3.8) is 0 Å². The van der Waals surface area contributed by atoms with Crippen molar-refractivity contribution in [1.82, 2.24) is 9.97 Å². The second-order valence-corrected chi connectivity index (χ2v) is 4.02. The molecule has 0 radical (unpaired) electrons. The summed E-state index contributed by atoms with van der Waals surface area (Å²) in [4.78, 5) is 10.2. The molecule has 1 aromatic heterocycles. The third kappa shape index (κ3) is 2.26. The van der Waals surface area contributed by atoms with E-state index in [1.54, 1.807) is 0 Å². The van der Waals surface area contributed by atoms with Gasteiger partial charge < -0.3 is 20.5 Å². The van der Waals surface area contributed by atoms with Crippen LogP contribution in [0.25, 0.3) is 0 Å². The summed E-state index contributed by atoms with van der Waals surface area (Å²) in [6.07, 6.45) is 3.45. The summed E-state index contributed by atoms with van der Waals surface area (Å²) in [6.45, 7) is 3.38. The van der Waals surface area contributed by atoms with Crippen LogP contribution < -0.4 is 15.4 Å². The topological polar surface area (TPSA) is 84.5 Å². The first-order valence-electron chi connectivity index (χ1n) is 5.88. The van der Waals surface area contributed by atoms with E-state index in [4.69, 9.17) is 10.5 Å². The standard InChI is InChI=1S/C11H18N4O2/c1-2-17-11-9(12)10(13-7-14-11)15-5-3-4-8(15)6-16/h7-8,16H,2-6,12H2,1H3. The van der Waals surface area contributed by atoms with Crippen molar-refractivity contribution in [2.24, 2.45) is 0 Å². The van der Waals surface area contributed by atoms with Gasteiger partial charge in [0.05, 0.1) is 19.3 Å². The molecule has 1 fully saturated rings. The van der Waals surface area contributed by atoms with Crippen LogP contribution in [0.4, 0.5) is 11.5 Å². The van der Waals surface area contributed by atoms with Crippen LogP contribution in [0.2, 0.25) is 0 Å². The lowest BCUT2D eigenvalue weighted by atomic mass is 10.2. The zero-order chi connectivity index (χ0) is 12.3. The summed E-state index contributed by atoms with van der Waals surface area (Å²) < 4.78 is 5.34. The van der Waals surface area contributed by atoms with Gasteiger partial charge in [0.2, 0.25) is 5.88 Å². The molecular weight excluding hydrogens is 220 g/mol. The first-order valence-corrected chi connectivity index (χ1v) is 5.88. The van der Waals surface area contributed by atoms with E-state index in [-0.39, 0.29) is 12.6 Å². The number of nitrogen functional groups attached to an aromatic ring is 1. The molecule has 0 aromatic carbocycles. The number of nitrogens with zero attached hydrogens (tertiary/aromatic N) is 3. The maximum atomic E-state index is 9.30. The maximum absolute atomic E-state index is 9.30. The highest BCUT2D eigenvalue weighted by Gasteiger charge is 2.27. The largest absolute Gasteiger partial charge is 0.476 e. The van der Waals surface area contributed by atoms with E-state index in [1.165, 1.54) is 6.33 Å². The van der Waals surface area contributed by atoms with Crippen molar-refractivity contribution >= 4 is 11.5 Å². The molecule has 0 aliphatic carbocycles. The third-order valence-corrected chi connectivity index (χ3v) is 2.97. The molecule has 94 valence electrons. The molecule has 1 aliphatic rings. The average molecular weight is 238 g/mol. The van der Waals surface area contributed by atoms with Crippen LogP contribution in [0.5, 0.6) is 5.88 Å². The molecular formula is C11H18N4O2. The van der Waals surface area contributed by atoms with Crippen molar-refractivity contribution in [2.45, 2.75) is 25.8 Å². The van der Waals surface area contributed by atoms with E-state index in [1.807, 2.05) is 11.8 Å². The Morgan fingerprint density at radius 2 is 2.41 bits per heavy atom. The zero-order valence-corrected chi connectivity index (χ0v) is 9.96. The third-order valence-electron chi connectivity index (χ3n) is 2.97. The summed E-state index contributed by atoms with van der Waals surface area (Å²) >= 11 is 0. The van der Waals surface area contributed by atoms with Crippen molar-refractivity contribution in [3.05, 3.63) is 6.33 Å². The van der Waals surface area contributed by atoms with Gasteiger partial charge in [0, 0.05) is 6.54 Å². The van der Waals surface area contributed by atoms with E-state index in [9.17, 15) is 5.11 Å². The van der Waals surface area contributed by atoms with Gasteiger partial charge in [-0.2, -0.15) is 4.98 Å². The Hall–Kier alpha value is -1.56. The summed E-state index contributed by atoms with van der Waals surface area (Å²) in [5, 5.41) is 9.30. The monoisotopic (exact) mass is 238 g/mol. The van der Waals surface area contributed by atoms with Crippen molar-refractivity contribution < 1.29 is 9.84 Å². The number of hydrogen-bond acceptors (Lipinski definition) is 6. The predicted octanol–water partition coefficient (Wildman–Crippen LogP) is 0.419. The van der Waals surface area contributed by atoms with Crippen molar-refractivity contribution in [3.8, 4) is 5.88 Å². The number of aliphatic hydroxyl groups is 1. The molecule has 2 heterocycles. The highest BCUT2D eigenvalue weighted by atomic mass is 16.5. The average Bonchev–Trinajstić information content (AvgIpc) is 2.80. The Kier molecular flexibility index (Phi) is 3.63. The SMILES string of the molecule is CCOc1ncnc(N2CCCC2CO)c1N. The number of anilines is 2. The predicted molar refractivity (Wildman–Crippen MR) is 65.1 cm³/mol. The van der Waals surface area contributed by atoms with Crippen LogP contribution in [0.1, 0.15) is 19.8 Å². The highest BCUT2D eigenvalue weighted by Crippen LogP contribution is 2.32.